The van der Waals surface area contributed by atoms with E-state index in [0.717, 1.165) is 32.4 Å². The van der Waals surface area contributed by atoms with Gasteiger partial charge in [0.1, 0.15) is 0 Å². The van der Waals surface area contributed by atoms with E-state index in [4.69, 9.17) is 0 Å². The Morgan fingerprint density at radius 3 is 2.35 bits per heavy atom. The fourth-order valence-electron chi connectivity index (χ4n) is 1.80. The van der Waals surface area contributed by atoms with Crippen molar-refractivity contribution in [2.75, 3.05) is 26.7 Å². The number of likely N-dealkylation sites (N-methyl/N-ethyl adjacent to an activating group) is 1. The summed E-state index contributed by atoms with van der Waals surface area (Å²) >= 11 is 0. The summed E-state index contributed by atoms with van der Waals surface area (Å²) in [4.78, 5) is 25.4. The number of nitrogens with zero attached hydrogens (tertiary/aromatic N) is 1. The molecule has 1 saturated carbocycles. The smallest absolute Gasteiger partial charge is 0.223 e. The summed E-state index contributed by atoms with van der Waals surface area (Å²) in [7, 11) is 2.02. The maximum absolute atomic E-state index is 11.8. The number of rotatable bonds is 9. The Morgan fingerprint density at radius 2 is 1.80 bits per heavy atom. The van der Waals surface area contributed by atoms with Gasteiger partial charge in [-0.2, -0.15) is 0 Å². The lowest BCUT2D eigenvalue weighted by molar-refractivity contribution is -0.125. The molecular weight excluding hydrogens is 254 g/mol. The molecule has 5 nitrogen and oxygen atoms in total. The van der Waals surface area contributed by atoms with E-state index in [1.807, 2.05) is 27.8 Å². The van der Waals surface area contributed by atoms with Crippen molar-refractivity contribution in [1.29, 1.82) is 0 Å². The molecule has 2 amide bonds. The topological polar surface area (TPSA) is 61.4 Å². The zero-order chi connectivity index (χ0) is 15.1. The number of hydrogen-bond donors (Lipinski definition) is 2. The van der Waals surface area contributed by atoms with E-state index < -0.39 is 0 Å². The van der Waals surface area contributed by atoms with Crippen LogP contribution in [0.3, 0.4) is 0 Å². The quantitative estimate of drug-likeness (QED) is 0.663. The highest BCUT2D eigenvalue weighted by Gasteiger charge is 2.25. The molecule has 0 radical (unpaired) electrons. The summed E-state index contributed by atoms with van der Waals surface area (Å²) < 4.78 is 0. The molecule has 5 heteroatoms. The third-order valence-electron chi connectivity index (χ3n) is 3.63. The first-order valence-electron chi connectivity index (χ1n) is 7.66. The minimum atomic E-state index is 0.0337. The summed E-state index contributed by atoms with van der Waals surface area (Å²) in [5.41, 5.74) is 0. The highest BCUT2D eigenvalue weighted by molar-refractivity contribution is 5.79. The molecule has 1 unspecified atom stereocenters. The summed E-state index contributed by atoms with van der Waals surface area (Å²) in [6, 6.07) is 0.439. The fraction of sp³-hybridized carbons (Fsp3) is 0.867. The normalized spacial score (nSPS) is 16.3. The van der Waals surface area contributed by atoms with Gasteiger partial charge < -0.3 is 15.5 Å². The van der Waals surface area contributed by atoms with Crippen molar-refractivity contribution in [1.82, 2.24) is 15.5 Å². The molecule has 0 aromatic carbocycles. The van der Waals surface area contributed by atoms with Crippen molar-refractivity contribution < 1.29 is 9.59 Å². The molecule has 1 atom stereocenters. The van der Waals surface area contributed by atoms with Crippen molar-refractivity contribution in [2.45, 2.75) is 46.1 Å². The molecule has 1 fully saturated rings. The Bertz CT molecular complexity index is 327. The molecule has 1 rings (SSSR count). The largest absolute Gasteiger partial charge is 0.355 e. The van der Waals surface area contributed by atoms with Gasteiger partial charge in [-0.05, 0) is 32.9 Å². The van der Waals surface area contributed by atoms with Crippen LogP contribution in [-0.2, 0) is 9.59 Å². The Kier molecular flexibility index (Phi) is 6.99. The van der Waals surface area contributed by atoms with Gasteiger partial charge >= 0.3 is 0 Å². The third-order valence-corrected chi connectivity index (χ3v) is 3.63. The Morgan fingerprint density at radius 1 is 1.15 bits per heavy atom. The number of amides is 2. The summed E-state index contributed by atoms with van der Waals surface area (Å²) in [5.74, 6) is 0.361. The van der Waals surface area contributed by atoms with Gasteiger partial charge in [-0.15, -0.1) is 0 Å². The van der Waals surface area contributed by atoms with E-state index in [2.05, 4.69) is 15.5 Å². The van der Waals surface area contributed by atoms with Gasteiger partial charge in [0, 0.05) is 31.0 Å². The average Bonchev–Trinajstić information content (AvgIpc) is 3.19. The molecule has 0 aromatic rings. The standard InChI is InChI=1S/C15H29N3O2/c1-11(2)14(19)16-8-10-18(4)9-7-12(3)15(20)17-13-5-6-13/h11-13H,5-10H2,1-4H3,(H,16,19)(H,17,20). The van der Waals surface area contributed by atoms with Crippen molar-refractivity contribution in [2.24, 2.45) is 11.8 Å². The van der Waals surface area contributed by atoms with Gasteiger partial charge in [-0.25, -0.2) is 0 Å². The van der Waals surface area contributed by atoms with Crippen molar-refractivity contribution >= 4 is 11.8 Å². The SMILES string of the molecule is CC(C)C(=O)NCCN(C)CCC(C)C(=O)NC1CC1. The first kappa shape index (κ1) is 17.0. The van der Waals surface area contributed by atoms with Crippen molar-refractivity contribution in [3.63, 3.8) is 0 Å². The summed E-state index contributed by atoms with van der Waals surface area (Å²) in [6.45, 7) is 8.10. The maximum atomic E-state index is 11.8. The molecule has 0 saturated heterocycles. The Balaban J connectivity index is 2.07. The van der Waals surface area contributed by atoms with Crippen LogP contribution in [0.1, 0.15) is 40.0 Å². The van der Waals surface area contributed by atoms with E-state index >= 15 is 0 Å². The molecule has 116 valence electrons. The molecule has 1 aliphatic carbocycles. The highest BCUT2D eigenvalue weighted by atomic mass is 16.2. The lowest BCUT2D eigenvalue weighted by Gasteiger charge is -2.19. The molecule has 1 aliphatic rings. The summed E-state index contributed by atoms with van der Waals surface area (Å²) in [6.07, 6.45) is 3.12. The predicted molar refractivity (Wildman–Crippen MR) is 80.3 cm³/mol. The average molecular weight is 283 g/mol. The molecule has 0 heterocycles. The van der Waals surface area contributed by atoms with Gasteiger partial charge in [-0.3, -0.25) is 9.59 Å². The van der Waals surface area contributed by atoms with E-state index in [0.29, 0.717) is 12.6 Å². The zero-order valence-electron chi connectivity index (χ0n) is 13.2. The van der Waals surface area contributed by atoms with Crippen LogP contribution in [0.25, 0.3) is 0 Å². The van der Waals surface area contributed by atoms with Crippen molar-refractivity contribution in [3.05, 3.63) is 0 Å². The molecule has 20 heavy (non-hydrogen) atoms. The first-order chi connectivity index (χ1) is 9.40. The van der Waals surface area contributed by atoms with E-state index in [1.54, 1.807) is 0 Å². The minimum Gasteiger partial charge on any atom is -0.355 e. The van der Waals surface area contributed by atoms with Crippen LogP contribution in [0, 0.1) is 11.8 Å². The number of carbonyl (C=O) groups excluding carboxylic acids is 2. The van der Waals surface area contributed by atoms with Crippen LogP contribution in [0.2, 0.25) is 0 Å². The van der Waals surface area contributed by atoms with Crippen LogP contribution in [0.5, 0.6) is 0 Å². The molecular formula is C15H29N3O2. The van der Waals surface area contributed by atoms with E-state index in [9.17, 15) is 9.59 Å². The Labute approximate surface area is 122 Å². The van der Waals surface area contributed by atoms with Crippen LogP contribution >= 0.6 is 0 Å². The second-order valence-corrected chi connectivity index (χ2v) is 6.22. The molecule has 0 aliphatic heterocycles. The first-order valence-corrected chi connectivity index (χ1v) is 7.66. The lowest BCUT2D eigenvalue weighted by Crippen LogP contribution is -2.37. The highest BCUT2D eigenvalue weighted by Crippen LogP contribution is 2.19. The lowest BCUT2D eigenvalue weighted by atomic mass is 10.1. The van der Waals surface area contributed by atoms with Crippen LogP contribution in [0.15, 0.2) is 0 Å². The molecule has 0 bridgehead atoms. The van der Waals surface area contributed by atoms with Crippen LogP contribution < -0.4 is 10.6 Å². The number of carbonyl (C=O) groups is 2. The second-order valence-electron chi connectivity index (χ2n) is 6.22. The number of hydrogen-bond acceptors (Lipinski definition) is 3. The second kappa shape index (κ2) is 8.25. The van der Waals surface area contributed by atoms with Gasteiger partial charge in [-0.1, -0.05) is 20.8 Å². The third kappa shape index (κ3) is 6.89. The van der Waals surface area contributed by atoms with Gasteiger partial charge in [0.15, 0.2) is 0 Å². The van der Waals surface area contributed by atoms with E-state index in [-0.39, 0.29) is 23.7 Å². The van der Waals surface area contributed by atoms with Crippen molar-refractivity contribution in [3.8, 4) is 0 Å². The monoisotopic (exact) mass is 283 g/mol. The maximum Gasteiger partial charge on any atom is 0.223 e. The summed E-state index contributed by atoms with van der Waals surface area (Å²) in [5, 5.41) is 5.93. The minimum absolute atomic E-state index is 0.0337. The molecule has 0 spiro atoms. The zero-order valence-corrected chi connectivity index (χ0v) is 13.2. The molecule has 0 aromatic heterocycles. The van der Waals surface area contributed by atoms with Crippen LogP contribution in [-0.4, -0.2) is 49.4 Å². The fourth-order valence-corrected chi connectivity index (χ4v) is 1.80. The molecule has 2 N–H and O–H groups in total. The van der Waals surface area contributed by atoms with Gasteiger partial charge in [0.2, 0.25) is 11.8 Å². The number of nitrogens with one attached hydrogen (secondary N) is 2. The van der Waals surface area contributed by atoms with Gasteiger partial charge in [0.25, 0.3) is 0 Å². The van der Waals surface area contributed by atoms with Gasteiger partial charge in [0.05, 0.1) is 0 Å². The van der Waals surface area contributed by atoms with Crippen LogP contribution in [0.4, 0.5) is 0 Å². The van der Waals surface area contributed by atoms with E-state index in [1.165, 1.54) is 0 Å². The predicted octanol–water partition coefficient (Wildman–Crippen LogP) is 0.995. The Hall–Kier alpha value is -1.10.